The van der Waals surface area contributed by atoms with Crippen LogP contribution in [0.25, 0.3) is 0 Å². The predicted molar refractivity (Wildman–Crippen MR) is 100 cm³/mol. The highest BCUT2D eigenvalue weighted by molar-refractivity contribution is 7.89. The van der Waals surface area contributed by atoms with E-state index in [0.717, 1.165) is 6.42 Å². The van der Waals surface area contributed by atoms with Crippen molar-refractivity contribution in [2.24, 2.45) is 4.99 Å². The molecule has 1 heterocycles. The van der Waals surface area contributed by atoms with Crippen LogP contribution >= 0.6 is 0 Å². The van der Waals surface area contributed by atoms with Crippen molar-refractivity contribution in [2.45, 2.75) is 25.9 Å². The van der Waals surface area contributed by atoms with Gasteiger partial charge in [0.25, 0.3) is 0 Å². The highest BCUT2D eigenvalue weighted by Crippen LogP contribution is 2.15. The molecule has 9 heteroatoms. The largest absolute Gasteiger partial charge is 0.489 e. The van der Waals surface area contributed by atoms with Crippen LogP contribution in [0.15, 0.2) is 29.3 Å². The number of nitrogens with zero attached hydrogens (tertiary/aromatic N) is 2. The van der Waals surface area contributed by atoms with E-state index in [-0.39, 0.29) is 17.7 Å². The van der Waals surface area contributed by atoms with E-state index in [1.54, 1.807) is 19.2 Å². The van der Waals surface area contributed by atoms with Gasteiger partial charge in [0, 0.05) is 32.7 Å². The molecule has 1 aliphatic heterocycles. The summed E-state index contributed by atoms with van der Waals surface area (Å²) in [6, 6.07) is 6.05. The fourth-order valence-electron chi connectivity index (χ4n) is 2.67. The summed E-state index contributed by atoms with van der Waals surface area (Å²) >= 11 is 0. The SMILES string of the molecule is CCC(CNC(=NC)NCCN1CCCS1(=O)=O)Oc1cccc(F)c1. The Bertz CT molecular complexity index is 712. The summed E-state index contributed by atoms with van der Waals surface area (Å²) in [5.74, 6) is 0.957. The maximum Gasteiger partial charge on any atom is 0.214 e. The van der Waals surface area contributed by atoms with Gasteiger partial charge in [-0.25, -0.2) is 17.1 Å². The van der Waals surface area contributed by atoms with Crippen LogP contribution in [0.2, 0.25) is 0 Å². The van der Waals surface area contributed by atoms with E-state index in [2.05, 4.69) is 15.6 Å². The molecule has 2 N–H and O–H groups in total. The average Bonchev–Trinajstić information content (AvgIpc) is 2.95. The minimum absolute atomic E-state index is 0.144. The maximum atomic E-state index is 13.2. The Morgan fingerprint density at radius 2 is 2.23 bits per heavy atom. The molecule has 1 saturated heterocycles. The Kier molecular flexibility index (Phi) is 7.65. The average molecular weight is 386 g/mol. The number of sulfonamides is 1. The van der Waals surface area contributed by atoms with Crippen molar-refractivity contribution in [1.29, 1.82) is 0 Å². The lowest BCUT2D eigenvalue weighted by Crippen LogP contribution is -2.45. The highest BCUT2D eigenvalue weighted by atomic mass is 32.2. The van der Waals surface area contributed by atoms with E-state index in [1.165, 1.54) is 16.4 Å². The molecule has 0 radical (unpaired) electrons. The standard InChI is InChI=1S/C17H27FN4O3S/c1-3-15(25-16-7-4-6-14(18)12-16)13-21-17(19-2)20-8-10-22-9-5-11-26(22,23)24/h4,6-7,12,15H,3,5,8-11,13H2,1-2H3,(H2,19,20,21). The van der Waals surface area contributed by atoms with Crippen LogP contribution in [0, 0.1) is 5.82 Å². The number of nitrogens with one attached hydrogen (secondary N) is 2. The molecular formula is C17H27FN4O3S. The van der Waals surface area contributed by atoms with Crippen molar-refractivity contribution in [2.75, 3.05) is 39.0 Å². The summed E-state index contributed by atoms with van der Waals surface area (Å²) in [6.45, 7) is 3.95. The van der Waals surface area contributed by atoms with Crippen LogP contribution in [0.3, 0.4) is 0 Å². The molecule has 1 aromatic carbocycles. The molecule has 0 spiro atoms. The topological polar surface area (TPSA) is 83.0 Å². The van der Waals surface area contributed by atoms with Crippen molar-refractivity contribution >= 4 is 16.0 Å². The quantitative estimate of drug-likeness (QED) is 0.518. The molecule has 1 fully saturated rings. The first-order chi connectivity index (χ1) is 12.4. The van der Waals surface area contributed by atoms with Gasteiger partial charge in [-0.1, -0.05) is 13.0 Å². The molecule has 26 heavy (non-hydrogen) atoms. The zero-order chi connectivity index (χ0) is 19.0. The summed E-state index contributed by atoms with van der Waals surface area (Å²) in [6.07, 6.45) is 1.28. The smallest absolute Gasteiger partial charge is 0.214 e. The molecule has 0 saturated carbocycles. The van der Waals surface area contributed by atoms with Gasteiger partial charge in [-0.05, 0) is 25.0 Å². The predicted octanol–water partition coefficient (Wildman–Crippen LogP) is 1.18. The Morgan fingerprint density at radius 3 is 2.85 bits per heavy atom. The lowest BCUT2D eigenvalue weighted by atomic mass is 10.2. The van der Waals surface area contributed by atoms with E-state index in [1.807, 2.05) is 6.92 Å². The number of hydrogen-bond donors (Lipinski definition) is 2. The van der Waals surface area contributed by atoms with Gasteiger partial charge in [0.05, 0.1) is 12.3 Å². The lowest BCUT2D eigenvalue weighted by Gasteiger charge is -2.20. The molecule has 7 nitrogen and oxygen atoms in total. The molecule has 2 rings (SSSR count). The molecule has 1 atom stereocenters. The second-order valence-electron chi connectivity index (χ2n) is 6.05. The molecule has 1 aliphatic rings. The molecule has 1 aromatic rings. The Labute approximate surface area is 154 Å². The van der Waals surface area contributed by atoms with Crippen LogP contribution in [-0.2, 0) is 10.0 Å². The summed E-state index contributed by atoms with van der Waals surface area (Å²) < 4.78 is 44.1. The van der Waals surface area contributed by atoms with Crippen LogP contribution in [0.1, 0.15) is 19.8 Å². The van der Waals surface area contributed by atoms with Crippen molar-refractivity contribution in [3.63, 3.8) is 0 Å². The summed E-state index contributed by atoms with van der Waals surface area (Å²) in [4.78, 5) is 4.13. The van der Waals surface area contributed by atoms with E-state index in [9.17, 15) is 12.8 Å². The third-order valence-electron chi connectivity index (χ3n) is 4.13. The third kappa shape index (κ3) is 6.14. The van der Waals surface area contributed by atoms with E-state index in [0.29, 0.717) is 44.3 Å². The van der Waals surface area contributed by atoms with Crippen LogP contribution in [-0.4, -0.2) is 63.8 Å². The summed E-state index contributed by atoms with van der Waals surface area (Å²) in [5, 5.41) is 6.26. The fourth-order valence-corrected chi connectivity index (χ4v) is 4.20. The zero-order valence-corrected chi connectivity index (χ0v) is 16.1. The third-order valence-corrected chi connectivity index (χ3v) is 6.09. The number of aliphatic imine (C=N–C) groups is 1. The van der Waals surface area contributed by atoms with Gasteiger partial charge in [-0.2, -0.15) is 0 Å². The molecule has 0 bridgehead atoms. The Morgan fingerprint density at radius 1 is 1.42 bits per heavy atom. The van der Waals surface area contributed by atoms with E-state index in [4.69, 9.17) is 4.74 Å². The van der Waals surface area contributed by atoms with Gasteiger partial charge < -0.3 is 15.4 Å². The molecule has 0 amide bonds. The first kappa shape index (κ1) is 20.4. The van der Waals surface area contributed by atoms with Crippen LogP contribution in [0.5, 0.6) is 5.75 Å². The second-order valence-corrected chi connectivity index (χ2v) is 8.14. The van der Waals surface area contributed by atoms with E-state index < -0.39 is 10.0 Å². The second kappa shape index (κ2) is 9.72. The molecule has 0 aromatic heterocycles. The van der Waals surface area contributed by atoms with Gasteiger partial charge >= 0.3 is 0 Å². The summed E-state index contributed by atoms with van der Waals surface area (Å²) in [7, 11) is -1.43. The number of guanidine groups is 1. The fraction of sp³-hybridized carbons (Fsp3) is 0.588. The van der Waals surface area contributed by atoms with Crippen molar-refractivity contribution in [3.05, 3.63) is 30.1 Å². The normalized spacial score (nSPS) is 18.5. The molecule has 146 valence electrons. The highest BCUT2D eigenvalue weighted by Gasteiger charge is 2.27. The van der Waals surface area contributed by atoms with Crippen LogP contribution < -0.4 is 15.4 Å². The lowest BCUT2D eigenvalue weighted by molar-refractivity contribution is 0.198. The van der Waals surface area contributed by atoms with Crippen molar-refractivity contribution < 1.29 is 17.5 Å². The molecular weight excluding hydrogens is 359 g/mol. The van der Waals surface area contributed by atoms with E-state index >= 15 is 0 Å². The van der Waals surface area contributed by atoms with Gasteiger partial charge in [-0.15, -0.1) is 0 Å². The Balaban J connectivity index is 1.76. The molecule has 1 unspecified atom stereocenters. The van der Waals surface area contributed by atoms with Gasteiger partial charge in [0.1, 0.15) is 17.7 Å². The number of benzene rings is 1. The number of rotatable bonds is 8. The van der Waals surface area contributed by atoms with Crippen molar-refractivity contribution in [1.82, 2.24) is 14.9 Å². The van der Waals surface area contributed by atoms with Crippen molar-refractivity contribution in [3.8, 4) is 5.75 Å². The van der Waals surface area contributed by atoms with Crippen LogP contribution in [0.4, 0.5) is 4.39 Å². The minimum atomic E-state index is -3.08. The number of hydrogen-bond acceptors (Lipinski definition) is 4. The minimum Gasteiger partial charge on any atom is -0.489 e. The maximum absolute atomic E-state index is 13.2. The van der Waals surface area contributed by atoms with Gasteiger partial charge in [-0.3, -0.25) is 4.99 Å². The first-order valence-electron chi connectivity index (χ1n) is 8.79. The monoisotopic (exact) mass is 386 g/mol. The Hall–Kier alpha value is -1.87. The van der Waals surface area contributed by atoms with Gasteiger partial charge in [0.2, 0.25) is 10.0 Å². The van der Waals surface area contributed by atoms with Gasteiger partial charge in [0.15, 0.2) is 5.96 Å². The zero-order valence-electron chi connectivity index (χ0n) is 15.2. The summed E-state index contributed by atoms with van der Waals surface area (Å²) in [5.41, 5.74) is 0. The first-order valence-corrected chi connectivity index (χ1v) is 10.4. The number of halogens is 1. The number of ether oxygens (including phenoxy) is 1. The molecule has 0 aliphatic carbocycles.